The molecule has 1 atom stereocenters. The molecule has 0 saturated carbocycles. The van der Waals surface area contributed by atoms with Gasteiger partial charge in [0.05, 0.1) is 0 Å². The summed E-state index contributed by atoms with van der Waals surface area (Å²) in [6, 6.07) is 8.21. The first-order valence-corrected chi connectivity index (χ1v) is 11.1. The number of aryl methyl sites for hydroxylation is 1. The highest BCUT2D eigenvalue weighted by Crippen LogP contribution is 2.28. The zero-order valence-corrected chi connectivity index (χ0v) is 17.0. The summed E-state index contributed by atoms with van der Waals surface area (Å²) in [6.07, 6.45) is 0.824. The number of carbonyl (C=O) groups is 1. The predicted octanol–water partition coefficient (Wildman–Crippen LogP) is 0.644. The number of anilines is 1. The second kappa shape index (κ2) is 7.77. The van der Waals surface area contributed by atoms with Gasteiger partial charge in [-0.1, -0.05) is 19.1 Å². The zero-order chi connectivity index (χ0) is 19.7. The molecule has 8 heteroatoms. The molecular weight excluding hydrogens is 364 g/mol. The smallest absolute Gasteiger partial charge is 0.239 e. The Kier molecular flexibility index (Phi) is 5.79. The minimum absolute atomic E-state index is 0.0984. The van der Waals surface area contributed by atoms with Gasteiger partial charge in [0, 0.05) is 45.0 Å². The number of nitrogens with zero attached hydrogens (tertiary/aromatic N) is 3. The molecule has 7 nitrogen and oxygen atoms in total. The summed E-state index contributed by atoms with van der Waals surface area (Å²) in [7, 11) is -3.59. The molecule has 3 rings (SSSR count). The fraction of sp³-hybridized carbons (Fsp3) is 0.632. The van der Waals surface area contributed by atoms with Crippen molar-refractivity contribution in [3.05, 3.63) is 29.8 Å². The van der Waals surface area contributed by atoms with Crippen LogP contribution in [0.3, 0.4) is 0 Å². The van der Waals surface area contributed by atoms with E-state index in [0.29, 0.717) is 45.8 Å². The van der Waals surface area contributed by atoms with Crippen molar-refractivity contribution in [2.45, 2.75) is 20.3 Å². The first-order chi connectivity index (χ1) is 12.7. The van der Waals surface area contributed by atoms with E-state index in [0.717, 1.165) is 12.1 Å². The maximum atomic E-state index is 12.7. The van der Waals surface area contributed by atoms with Crippen LogP contribution in [0.4, 0.5) is 5.69 Å². The zero-order valence-electron chi connectivity index (χ0n) is 16.2. The summed E-state index contributed by atoms with van der Waals surface area (Å²) in [5, 5.41) is 0. The SMILES string of the molecule is Cc1cccc(N2CCN(S(=O)(=O)CC(=O)N3CCC(C)(CN)C3)CC2)c1. The average Bonchev–Trinajstić information content (AvgIpc) is 3.05. The fourth-order valence-electron chi connectivity index (χ4n) is 3.79. The lowest BCUT2D eigenvalue weighted by molar-refractivity contribution is -0.127. The van der Waals surface area contributed by atoms with E-state index in [-0.39, 0.29) is 11.3 Å². The van der Waals surface area contributed by atoms with Gasteiger partial charge in [-0.3, -0.25) is 4.79 Å². The number of benzene rings is 1. The van der Waals surface area contributed by atoms with Crippen molar-refractivity contribution in [2.24, 2.45) is 11.1 Å². The third-order valence-corrected chi connectivity index (χ3v) is 7.47. The molecule has 1 aromatic rings. The summed E-state index contributed by atoms with van der Waals surface area (Å²) in [5.41, 5.74) is 7.97. The van der Waals surface area contributed by atoms with Crippen LogP contribution in [-0.4, -0.2) is 75.1 Å². The Morgan fingerprint density at radius 1 is 1.19 bits per heavy atom. The Morgan fingerprint density at radius 2 is 1.89 bits per heavy atom. The summed E-state index contributed by atoms with van der Waals surface area (Å²) in [5.74, 6) is -0.758. The average molecular weight is 395 g/mol. The third-order valence-electron chi connectivity index (χ3n) is 5.71. The van der Waals surface area contributed by atoms with Gasteiger partial charge in [0.15, 0.2) is 0 Å². The van der Waals surface area contributed by atoms with Crippen LogP contribution in [0, 0.1) is 12.3 Å². The van der Waals surface area contributed by atoms with Crippen molar-refractivity contribution in [3.8, 4) is 0 Å². The number of sulfonamides is 1. The van der Waals surface area contributed by atoms with Gasteiger partial charge < -0.3 is 15.5 Å². The minimum Gasteiger partial charge on any atom is -0.369 e. The molecule has 2 saturated heterocycles. The number of likely N-dealkylation sites (tertiary alicyclic amines) is 1. The molecule has 0 aliphatic carbocycles. The molecular formula is C19H30N4O3S. The van der Waals surface area contributed by atoms with Crippen LogP contribution < -0.4 is 10.6 Å². The van der Waals surface area contributed by atoms with Crippen molar-refractivity contribution in [1.82, 2.24) is 9.21 Å². The Balaban J connectivity index is 1.56. The molecule has 2 aliphatic rings. The lowest BCUT2D eigenvalue weighted by Crippen LogP contribution is -2.51. The number of carbonyl (C=O) groups excluding carboxylic acids is 1. The van der Waals surface area contributed by atoms with Gasteiger partial charge in [0.1, 0.15) is 5.75 Å². The topological polar surface area (TPSA) is 87.0 Å². The molecule has 0 spiro atoms. The molecule has 2 aliphatic heterocycles. The third kappa shape index (κ3) is 4.62. The summed E-state index contributed by atoms with van der Waals surface area (Å²) in [6.45, 7) is 7.79. The number of piperazine rings is 1. The first-order valence-electron chi connectivity index (χ1n) is 9.50. The van der Waals surface area contributed by atoms with E-state index in [1.54, 1.807) is 4.90 Å². The summed E-state index contributed by atoms with van der Waals surface area (Å²) >= 11 is 0. The highest BCUT2D eigenvalue weighted by Gasteiger charge is 2.37. The number of rotatable bonds is 5. The molecule has 1 unspecified atom stereocenters. The van der Waals surface area contributed by atoms with Crippen LogP contribution in [0.5, 0.6) is 0 Å². The standard InChI is InChI=1S/C19H30N4O3S/c1-16-4-3-5-17(12-16)21-8-10-23(11-9-21)27(25,26)13-18(24)22-7-6-19(2,14-20)15-22/h3-5,12H,6-11,13-15,20H2,1-2H3. The van der Waals surface area contributed by atoms with Crippen molar-refractivity contribution >= 4 is 21.6 Å². The van der Waals surface area contributed by atoms with Crippen molar-refractivity contribution in [2.75, 3.05) is 56.5 Å². The highest BCUT2D eigenvalue weighted by molar-refractivity contribution is 7.89. The Labute approximate surface area is 162 Å². The highest BCUT2D eigenvalue weighted by atomic mass is 32.2. The van der Waals surface area contributed by atoms with Gasteiger partial charge >= 0.3 is 0 Å². The lowest BCUT2D eigenvalue weighted by atomic mass is 9.90. The first kappa shape index (κ1) is 20.1. The van der Waals surface area contributed by atoms with E-state index < -0.39 is 15.8 Å². The lowest BCUT2D eigenvalue weighted by Gasteiger charge is -2.35. The predicted molar refractivity (Wildman–Crippen MR) is 107 cm³/mol. The van der Waals surface area contributed by atoms with Crippen LogP contribution in [-0.2, 0) is 14.8 Å². The maximum Gasteiger partial charge on any atom is 0.239 e. The van der Waals surface area contributed by atoms with Crippen LogP contribution in [0.1, 0.15) is 18.9 Å². The van der Waals surface area contributed by atoms with E-state index in [2.05, 4.69) is 11.0 Å². The molecule has 27 heavy (non-hydrogen) atoms. The maximum absolute atomic E-state index is 12.7. The molecule has 0 bridgehead atoms. The van der Waals surface area contributed by atoms with Crippen molar-refractivity contribution < 1.29 is 13.2 Å². The molecule has 1 amide bonds. The molecule has 1 aromatic carbocycles. The molecule has 0 radical (unpaired) electrons. The second-order valence-electron chi connectivity index (χ2n) is 8.06. The van der Waals surface area contributed by atoms with E-state index in [1.165, 1.54) is 9.87 Å². The van der Waals surface area contributed by atoms with Gasteiger partial charge in [0.2, 0.25) is 15.9 Å². The van der Waals surface area contributed by atoms with Crippen molar-refractivity contribution in [1.29, 1.82) is 0 Å². The number of amides is 1. The van der Waals surface area contributed by atoms with E-state index in [4.69, 9.17) is 5.73 Å². The normalized spacial score (nSPS) is 24.4. The summed E-state index contributed by atoms with van der Waals surface area (Å²) in [4.78, 5) is 16.3. The Hall–Kier alpha value is -1.64. The quantitative estimate of drug-likeness (QED) is 0.792. The van der Waals surface area contributed by atoms with Crippen LogP contribution in [0.15, 0.2) is 24.3 Å². The fourth-order valence-corrected chi connectivity index (χ4v) is 5.19. The number of hydrogen-bond donors (Lipinski definition) is 1. The van der Waals surface area contributed by atoms with Gasteiger partial charge in [0.25, 0.3) is 0 Å². The Morgan fingerprint density at radius 3 is 2.48 bits per heavy atom. The van der Waals surface area contributed by atoms with Crippen LogP contribution >= 0.6 is 0 Å². The number of nitrogens with two attached hydrogens (primary N) is 1. The van der Waals surface area contributed by atoms with Gasteiger partial charge in [-0.15, -0.1) is 0 Å². The molecule has 2 N–H and O–H groups in total. The Bertz CT molecular complexity index is 790. The van der Waals surface area contributed by atoms with E-state index in [9.17, 15) is 13.2 Å². The summed E-state index contributed by atoms with van der Waals surface area (Å²) < 4.78 is 26.9. The van der Waals surface area contributed by atoms with Gasteiger partial charge in [-0.05, 0) is 43.0 Å². The molecule has 2 fully saturated rings. The molecule has 150 valence electrons. The molecule has 0 aromatic heterocycles. The monoisotopic (exact) mass is 394 g/mol. The second-order valence-corrected chi connectivity index (χ2v) is 10.0. The van der Waals surface area contributed by atoms with Crippen LogP contribution in [0.25, 0.3) is 0 Å². The van der Waals surface area contributed by atoms with Crippen LogP contribution in [0.2, 0.25) is 0 Å². The molecule has 2 heterocycles. The van der Waals surface area contributed by atoms with E-state index in [1.807, 2.05) is 32.0 Å². The van der Waals surface area contributed by atoms with Crippen molar-refractivity contribution in [3.63, 3.8) is 0 Å². The number of hydrogen-bond acceptors (Lipinski definition) is 5. The van der Waals surface area contributed by atoms with Gasteiger partial charge in [-0.2, -0.15) is 4.31 Å². The largest absolute Gasteiger partial charge is 0.369 e. The van der Waals surface area contributed by atoms with Gasteiger partial charge in [-0.25, -0.2) is 8.42 Å². The minimum atomic E-state index is -3.59. The van der Waals surface area contributed by atoms with E-state index >= 15 is 0 Å².